The van der Waals surface area contributed by atoms with E-state index >= 15 is 0 Å². The van der Waals surface area contributed by atoms with Crippen LogP contribution < -0.4 is 16.4 Å². The van der Waals surface area contributed by atoms with Crippen molar-refractivity contribution >= 4 is 41.2 Å². The summed E-state index contributed by atoms with van der Waals surface area (Å²) in [6.07, 6.45) is -2.33. The number of benzene rings is 1. The Bertz CT molecular complexity index is 1900. The third-order valence-corrected chi connectivity index (χ3v) is 9.70. The zero-order chi connectivity index (χ0) is 38.3. The van der Waals surface area contributed by atoms with Crippen LogP contribution in [0.5, 0.6) is 0 Å². The molecule has 2 aliphatic rings. The quantitative estimate of drug-likeness (QED) is 0.263. The van der Waals surface area contributed by atoms with Crippen molar-refractivity contribution < 1.29 is 37.1 Å². The number of carbonyl (C=O) groups excluding carboxylic acids is 4. The Morgan fingerprint density at radius 1 is 1.10 bits per heavy atom. The Balaban J connectivity index is 1.17. The third-order valence-electron chi connectivity index (χ3n) is 9.38. The zero-order valence-electron chi connectivity index (χ0n) is 29.4. The largest absolute Gasteiger partial charge is 0.442 e. The number of ether oxygens (including phenoxy) is 1. The lowest BCUT2D eigenvalue weighted by Crippen LogP contribution is -2.65. The van der Waals surface area contributed by atoms with Gasteiger partial charge in [0.25, 0.3) is 11.8 Å². The minimum absolute atomic E-state index is 0.0300. The van der Waals surface area contributed by atoms with Crippen LogP contribution in [0.2, 0.25) is 5.02 Å². The summed E-state index contributed by atoms with van der Waals surface area (Å²) in [7, 11) is 1.41. The minimum atomic E-state index is -4.75. The van der Waals surface area contributed by atoms with Gasteiger partial charge in [0, 0.05) is 69.4 Å². The summed E-state index contributed by atoms with van der Waals surface area (Å²) in [5.74, 6) is -1.24. The van der Waals surface area contributed by atoms with E-state index in [0.29, 0.717) is 18.4 Å². The molecule has 0 bridgehead atoms. The SMILES string of the molecule is C=C(C)Cn1cc(-c2cnc(C(=O)Nc3ccc(C(=O)N4CCN(C(=O)NC5CC(OC(N)=O)(C(C)(C)C)C5)CC4)c(Cl)c3)n2C)c(C(F)(F)F)n1. The first-order valence-electron chi connectivity index (χ1n) is 16.4. The Morgan fingerprint density at radius 2 is 1.73 bits per heavy atom. The summed E-state index contributed by atoms with van der Waals surface area (Å²) >= 11 is 6.48. The van der Waals surface area contributed by atoms with Gasteiger partial charge in [0.1, 0.15) is 5.60 Å². The van der Waals surface area contributed by atoms with E-state index in [1.165, 1.54) is 36.0 Å². The van der Waals surface area contributed by atoms with Crippen molar-refractivity contribution in [1.29, 1.82) is 0 Å². The number of nitrogens with one attached hydrogen (secondary N) is 2. The van der Waals surface area contributed by atoms with E-state index in [2.05, 4.69) is 27.3 Å². The van der Waals surface area contributed by atoms with Crippen LogP contribution in [0.1, 0.15) is 67.2 Å². The molecule has 5 amide bonds. The predicted molar refractivity (Wildman–Crippen MR) is 186 cm³/mol. The van der Waals surface area contributed by atoms with Crippen molar-refractivity contribution in [2.75, 3.05) is 31.5 Å². The summed E-state index contributed by atoms with van der Waals surface area (Å²) in [5, 5.41) is 9.34. The molecule has 52 heavy (non-hydrogen) atoms. The fourth-order valence-electron chi connectivity index (χ4n) is 6.43. The number of primary amides is 1. The topological polar surface area (TPSA) is 170 Å². The lowest BCUT2D eigenvalue weighted by atomic mass is 9.61. The maximum atomic E-state index is 13.8. The Kier molecular flexibility index (Phi) is 10.4. The van der Waals surface area contributed by atoms with Crippen LogP contribution in [0.3, 0.4) is 0 Å². The third kappa shape index (κ3) is 7.88. The van der Waals surface area contributed by atoms with Crippen LogP contribution >= 0.6 is 11.6 Å². The standard InChI is InChI=1S/C34H41ClF3N9O5/c1-19(2)17-47-18-23(26(43-47)34(36,37)38)25-16-40-27(44(25)6)28(48)41-20-7-8-22(24(35)13-20)29(49)45-9-11-46(12-10-45)31(51)42-21-14-33(15-21,32(3,4)5)52-30(39)50/h7-8,13,16,18,21H,1,9-12,14-15,17H2,2-6H3,(H2,39,50)(H,41,48)(H,42,51). The molecule has 5 rings (SSSR count). The highest BCUT2D eigenvalue weighted by Crippen LogP contribution is 2.49. The number of alkyl halides is 3. The van der Waals surface area contributed by atoms with E-state index < -0.39 is 29.5 Å². The van der Waals surface area contributed by atoms with Gasteiger partial charge < -0.3 is 35.5 Å². The van der Waals surface area contributed by atoms with Crippen molar-refractivity contribution in [2.24, 2.45) is 18.2 Å². The van der Waals surface area contributed by atoms with Gasteiger partial charge in [-0.05, 0) is 25.1 Å². The van der Waals surface area contributed by atoms with Gasteiger partial charge in [-0.15, -0.1) is 0 Å². The summed E-state index contributed by atoms with van der Waals surface area (Å²) in [6, 6.07) is 3.85. The molecule has 280 valence electrons. The summed E-state index contributed by atoms with van der Waals surface area (Å²) < 4.78 is 49.3. The molecule has 2 aromatic heterocycles. The van der Waals surface area contributed by atoms with Crippen LogP contribution in [0.15, 0.2) is 42.7 Å². The lowest BCUT2D eigenvalue weighted by Gasteiger charge is -2.54. The summed E-state index contributed by atoms with van der Waals surface area (Å²) in [5.41, 5.74) is 3.85. The average molecular weight is 748 g/mol. The van der Waals surface area contributed by atoms with E-state index in [4.69, 9.17) is 22.1 Å². The van der Waals surface area contributed by atoms with Gasteiger partial charge in [-0.1, -0.05) is 44.5 Å². The highest BCUT2D eigenvalue weighted by molar-refractivity contribution is 6.34. The maximum absolute atomic E-state index is 13.8. The van der Waals surface area contributed by atoms with E-state index in [1.54, 1.807) is 16.7 Å². The van der Waals surface area contributed by atoms with Crippen LogP contribution in [0, 0.1) is 5.41 Å². The number of imidazole rings is 1. The molecule has 0 radical (unpaired) electrons. The van der Waals surface area contributed by atoms with E-state index in [1.807, 2.05) is 20.8 Å². The number of allylic oxidation sites excluding steroid dienone is 1. The molecule has 1 aromatic carbocycles. The van der Waals surface area contributed by atoms with Crippen molar-refractivity contribution in [3.8, 4) is 11.3 Å². The number of piperazine rings is 1. The number of aromatic nitrogens is 4. The number of nitrogens with two attached hydrogens (primary N) is 1. The van der Waals surface area contributed by atoms with Gasteiger partial charge >= 0.3 is 18.3 Å². The number of rotatable bonds is 8. The number of hydrogen-bond donors (Lipinski definition) is 3. The molecule has 3 heterocycles. The highest BCUT2D eigenvalue weighted by atomic mass is 35.5. The van der Waals surface area contributed by atoms with Crippen LogP contribution in [-0.2, 0) is 24.5 Å². The van der Waals surface area contributed by atoms with Crippen LogP contribution in [0.25, 0.3) is 11.3 Å². The van der Waals surface area contributed by atoms with Gasteiger partial charge in [0.05, 0.1) is 34.6 Å². The summed E-state index contributed by atoms with van der Waals surface area (Å²) in [4.78, 5) is 58.2. The molecular formula is C34H41ClF3N9O5. The van der Waals surface area contributed by atoms with Gasteiger partial charge in [0.15, 0.2) is 11.5 Å². The lowest BCUT2D eigenvalue weighted by molar-refractivity contribution is -0.141. The number of anilines is 1. The number of hydrogen-bond acceptors (Lipinski definition) is 7. The highest BCUT2D eigenvalue weighted by Gasteiger charge is 2.55. The van der Waals surface area contributed by atoms with E-state index in [0.717, 1.165) is 10.9 Å². The van der Waals surface area contributed by atoms with Gasteiger partial charge in [-0.25, -0.2) is 14.6 Å². The molecule has 0 spiro atoms. The fraction of sp³-hybridized carbons (Fsp3) is 0.471. The maximum Gasteiger partial charge on any atom is 0.435 e. The molecule has 3 aromatic rings. The van der Waals surface area contributed by atoms with E-state index in [9.17, 15) is 32.3 Å². The van der Waals surface area contributed by atoms with Crippen molar-refractivity contribution in [3.63, 3.8) is 0 Å². The summed E-state index contributed by atoms with van der Waals surface area (Å²) in [6.45, 7) is 12.4. The molecule has 0 unspecified atom stereocenters. The molecule has 0 atom stereocenters. The van der Waals surface area contributed by atoms with Crippen LogP contribution in [0.4, 0.5) is 28.4 Å². The molecule has 1 aliphatic carbocycles. The molecular weight excluding hydrogens is 707 g/mol. The Labute approximate surface area is 303 Å². The average Bonchev–Trinajstić information content (AvgIpc) is 3.61. The number of nitrogens with zero attached hydrogens (tertiary/aromatic N) is 6. The monoisotopic (exact) mass is 747 g/mol. The van der Waals surface area contributed by atoms with Crippen molar-refractivity contribution in [1.82, 2.24) is 34.4 Å². The van der Waals surface area contributed by atoms with Gasteiger partial charge in [-0.2, -0.15) is 18.3 Å². The number of halogens is 4. The van der Waals surface area contributed by atoms with Crippen molar-refractivity contribution in [3.05, 3.63) is 64.8 Å². The molecule has 4 N–H and O–H groups in total. The first-order chi connectivity index (χ1) is 24.2. The molecule has 1 saturated heterocycles. The molecule has 2 fully saturated rings. The zero-order valence-corrected chi connectivity index (χ0v) is 30.2. The smallest absolute Gasteiger partial charge is 0.435 e. The second-order valence-corrected chi connectivity index (χ2v) is 14.6. The number of urea groups is 1. The molecule has 1 aliphatic heterocycles. The van der Waals surface area contributed by atoms with Crippen LogP contribution in [-0.4, -0.2) is 90.9 Å². The molecule has 18 heteroatoms. The number of carbonyl (C=O) groups is 4. The Morgan fingerprint density at radius 3 is 2.29 bits per heavy atom. The molecule has 14 nitrogen and oxygen atoms in total. The number of amides is 5. The van der Waals surface area contributed by atoms with Crippen molar-refractivity contribution in [2.45, 2.75) is 64.9 Å². The minimum Gasteiger partial charge on any atom is -0.442 e. The second-order valence-electron chi connectivity index (χ2n) is 14.2. The normalized spacial score (nSPS) is 19.1. The molecule has 1 saturated carbocycles. The Hall–Kier alpha value is -5.06. The van der Waals surface area contributed by atoms with E-state index in [-0.39, 0.29) is 89.5 Å². The second kappa shape index (κ2) is 14.2. The van der Waals surface area contributed by atoms with Gasteiger partial charge in [0.2, 0.25) is 0 Å². The first-order valence-corrected chi connectivity index (χ1v) is 16.8. The fourth-order valence-corrected chi connectivity index (χ4v) is 6.69. The predicted octanol–water partition coefficient (Wildman–Crippen LogP) is 5.29. The van der Waals surface area contributed by atoms with Gasteiger partial charge in [-0.3, -0.25) is 14.3 Å². The first kappa shape index (κ1) is 38.2.